The van der Waals surface area contributed by atoms with Crippen LogP contribution in [-0.4, -0.2) is 52.6 Å². The van der Waals surface area contributed by atoms with E-state index in [4.69, 9.17) is 4.84 Å². The molecule has 2 aliphatic rings. The second-order valence-corrected chi connectivity index (χ2v) is 8.15. The number of nitrogens with one attached hydrogen (secondary N) is 3. The minimum Gasteiger partial charge on any atom is -0.390 e. The lowest BCUT2D eigenvalue weighted by Gasteiger charge is -2.16. The standard InChI is InChI=1S/C22H26N8O/c1-30(2)21-12-19(24-20-11-17(27-28-20)15-8-9-15)25-22(26-21)23-13-16-10-18(29-31-16)14-6-4-3-5-7-14/h3-7,11-12,15-16H,8-10,13H2,1-2H3,(H3,23,24,25,26,27,28). The zero-order chi connectivity index (χ0) is 21.2. The van der Waals surface area contributed by atoms with Crippen molar-refractivity contribution in [1.82, 2.24) is 20.2 Å². The van der Waals surface area contributed by atoms with Crippen molar-refractivity contribution < 1.29 is 4.84 Å². The normalized spacial score (nSPS) is 17.7. The highest BCUT2D eigenvalue weighted by atomic mass is 16.6. The number of anilines is 4. The first kappa shape index (κ1) is 19.3. The van der Waals surface area contributed by atoms with Crippen LogP contribution < -0.4 is 15.5 Å². The average Bonchev–Trinajstić information content (AvgIpc) is 3.34. The second-order valence-electron chi connectivity index (χ2n) is 8.15. The number of aromatic amines is 1. The molecule has 2 aromatic heterocycles. The zero-order valence-electron chi connectivity index (χ0n) is 17.7. The van der Waals surface area contributed by atoms with Crippen LogP contribution in [0.3, 0.4) is 0 Å². The molecule has 3 heterocycles. The number of aromatic nitrogens is 4. The monoisotopic (exact) mass is 418 g/mol. The number of hydrogen-bond acceptors (Lipinski definition) is 8. The lowest BCUT2D eigenvalue weighted by molar-refractivity contribution is 0.0948. The molecule has 1 saturated carbocycles. The van der Waals surface area contributed by atoms with Crippen molar-refractivity contribution in [2.24, 2.45) is 5.16 Å². The van der Waals surface area contributed by atoms with Gasteiger partial charge in [0, 0.05) is 44.3 Å². The third-order valence-corrected chi connectivity index (χ3v) is 5.37. The third-order valence-electron chi connectivity index (χ3n) is 5.37. The molecule has 1 atom stereocenters. The van der Waals surface area contributed by atoms with Gasteiger partial charge in [-0.1, -0.05) is 35.5 Å². The molecule has 3 aromatic rings. The van der Waals surface area contributed by atoms with E-state index >= 15 is 0 Å². The number of benzene rings is 1. The van der Waals surface area contributed by atoms with Crippen LogP contribution in [0.5, 0.6) is 0 Å². The van der Waals surface area contributed by atoms with Crippen LogP contribution in [0.4, 0.5) is 23.4 Å². The van der Waals surface area contributed by atoms with Crippen molar-refractivity contribution >= 4 is 29.1 Å². The molecule has 5 rings (SSSR count). The first-order valence-corrected chi connectivity index (χ1v) is 10.5. The summed E-state index contributed by atoms with van der Waals surface area (Å²) in [4.78, 5) is 16.8. The number of oxime groups is 1. The fourth-order valence-electron chi connectivity index (χ4n) is 3.49. The van der Waals surface area contributed by atoms with E-state index in [1.54, 1.807) is 0 Å². The van der Waals surface area contributed by atoms with Crippen molar-refractivity contribution in [3.05, 3.63) is 53.7 Å². The Morgan fingerprint density at radius 2 is 1.94 bits per heavy atom. The van der Waals surface area contributed by atoms with Gasteiger partial charge in [-0.05, 0) is 18.4 Å². The zero-order valence-corrected chi connectivity index (χ0v) is 17.7. The summed E-state index contributed by atoms with van der Waals surface area (Å²) < 4.78 is 0. The van der Waals surface area contributed by atoms with Gasteiger partial charge in [0.1, 0.15) is 17.7 Å². The third kappa shape index (κ3) is 4.60. The second kappa shape index (κ2) is 8.25. The summed E-state index contributed by atoms with van der Waals surface area (Å²) in [5.41, 5.74) is 3.23. The Morgan fingerprint density at radius 1 is 1.10 bits per heavy atom. The van der Waals surface area contributed by atoms with Crippen LogP contribution in [0.2, 0.25) is 0 Å². The highest BCUT2D eigenvalue weighted by Crippen LogP contribution is 2.39. The lowest BCUT2D eigenvalue weighted by Crippen LogP contribution is -2.22. The average molecular weight is 419 g/mol. The maximum Gasteiger partial charge on any atom is 0.226 e. The molecular formula is C22H26N8O. The van der Waals surface area contributed by atoms with Gasteiger partial charge >= 0.3 is 0 Å². The minimum atomic E-state index is -0.0642. The highest BCUT2D eigenvalue weighted by molar-refractivity contribution is 6.01. The maximum absolute atomic E-state index is 5.61. The van der Waals surface area contributed by atoms with Gasteiger partial charge in [-0.2, -0.15) is 15.1 Å². The molecular weight excluding hydrogens is 392 g/mol. The van der Waals surface area contributed by atoms with E-state index in [1.807, 2.05) is 55.4 Å². The SMILES string of the molecule is CN(C)c1cc(Nc2cc(C3CC3)[nH]n2)nc(NCC2CC(c3ccccc3)=NO2)n1. The molecule has 0 radical (unpaired) electrons. The maximum atomic E-state index is 5.61. The Labute approximate surface area is 180 Å². The van der Waals surface area contributed by atoms with E-state index in [9.17, 15) is 0 Å². The smallest absolute Gasteiger partial charge is 0.226 e. The number of nitrogens with zero attached hydrogens (tertiary/aromatic N) is 5. The largest absolute Gasteiger partial charge is 0.390 e. The molecule has 9 nitrogen and oxygen atoms in total. The van der Waals surface area contributed by atoms with Gasteiger partial charge in [0.2, 0.25) is 5.95 Å². The molecule has 1 aliphatic carbocycles. The summed E-state index contributed by atoms with van der Waals surface area (Å²) in [6.07, 6.45) is 3.14. The molecule has 1 unspecified atom stereocenters. The van der Waals surface area contributed by atoms with Gasteiger partial charge in [0.05, 0.1) is 12.3 Å². The van der Waals surface area contributed by atoms with Crippen molar-refractivity contribution in [2.75, 3.05) is 36.2 Å². The minimum absolute atomic E-state index is 0.0642. The summed E-state index contributed by atoms with van der Waals surface area (Å²) >= 11 is 0. The summed E-state index contributed by atoms with van der Waals surface area (Å²) in [5, 5.41) is 18.3. The van der Waals surface area contributed by atoms with Gasteiger partial charge in [0.15, 0.2) is 5.82 Å². The Bertz CT molecular complexity index is 1070. The predicted molar refractivity (Wildman–Crippen MR) is 121 cm³/mol. The molecule has 0 saturated heterocycles. The van der Waals surface area contributed by atoms with Crippen molar-refractivity contribution in [3.63, 3.8) is 0 Å². The Kier molecular flexibility index (Phi) is 5.15. The van der Waals surface area contributed by atoms with Gasteiger partial charge in [0.25, 0.3) is 0 Å². The molecule has 1 aliphatic heterocycles. The Hall–Kier alpha value is -3.62. The molecule has 9 heteroatoms. The summed E-state index contributed by atoms with van der Waals surface area (Å²) in [7, 11) is 3.91. The van der Waals surface area contributed by atoms with Gasteiger partial charge in [-0.25, -0.2) is 0 Å². The molecule has 1 aromatic carbocycles. The van der Waals surface area contributed by atoms with Crippen LogP contribution in [-0.2, 0) is 4.84 Å². The quantitative estimate of drug-likeness (QED) is 0.514. The molecule has 1 fully saturated rings. The van der Waals surface area contributed by atoms with Crippen LogP contribution in [0.1, 0.15) is 36.4 Å². The van der Waals surface area contributed by atoms with E-state index in [-0.39, 0.29) is 6.10 Å². The summed E-state index contributed by atoms with van der Waals surface area (Å²) in [6.45, 7) is 0.560. The number of H-pyrrole nitrogens is 1. The number of rotatable bonds is 8. The number of hydrogen-bond donors (Lipinski definition) is 3. The highest BCUT2D eigenvalue weighted by Gasteiger charge is 2.26. The topological polar surface area (TPSA) is 103 Å². The van der Waals surface area contributed by atoms with E-state index in [2.05, 4.69) is 42.0 Å². The van der Waals surface area contributed by atoms with Crippen molar-refractivity contribution in [2.45, 2.75) is 31.3 Å². The molecule has 0 spiro atoms. The predicted octanol–water partition coefficient (Wildman–Crippen LogP) is 3.49. The molecule has 160 valence electrons. The first-order valence-electron chi connectivity index (χ1n) is 10.5. The van der Waals surface area contributed by atoms with Gasteiger partial charge in [-0.15, -0.1) is 0 Å². The molecule has 0 amide bonds. The molecule has 31 heavy (non-hydrogen) atoms. The van der Waals surface area contributed by atoms with Crippen molar-refractivity contribution in [1.29, 1.82) is 0 Å². The van der Waals surface area contributed by atoms with Crippen LogP contribution in [0.15, 0.2) is 47.6 Å². The Balaban J connectivity index is 1.24. The molecule has 3 N–H and O–H groups in total. The van der Waals surface area contributed by atoms with E-state index < -0.39 is 0 Å². The Morgan fingerprint density at radius 3 is 2.71 bits per heavy atom. The van der Waals surface area contributed by atoms with Crippen LogP contribution in [0.25, 0.3) is 0 Å². The summed E-state index contributed by atoms with van der Waals surface area (Å²) in [5.74, 6) is 3.40. The van der Waals surface area contributed by atoms with Crippen molar-refractivity contribution in [3.8, 4) is 0 Å². The van der Waals surface area contributed by atoms with Gasteiger partial charge < -0.3 is 20.4 Å². The van der Waals surface area contributed by atoms with Gasteiger partial charge in [-0.3, -0.25) is 5.10 Å². The van der Waals surface area contributed by atoms with E-state index in [0.29, 0.717) is 24.2 Å². The first-order chi connectivity index (χ1) is 15.1. The lowest BCUT2D eigenvalue weighted by atomic mass is 10.1. The van der Waals surface area contributed by atoms with E-state index in [1.165, 1.54) is 18.5 Å². The molecule has 0 bridgehead atoms. The van der Waals surface area contributed by atoms with Crippen LogP contribution in [0, 0.1) is 0 Å². The fourth-order valence-corrected chi connectivity index (χ4v) is 3.49. The fraction of sp³-hybridized carbons (Fsp3) is 0.364. The van der Waals surface area contributed by atoms with Crippen LogP contribution >= 0.6 is 0 Å². The van der Waals surface area contributed by atoms with E-state index in [0.717, 1.165) is 29.3 Å². The summed E-state index contributed by atoms with van der Waals surface area (Å²) in [6, 6.07) is 14.1.